The summed E-state index contributed by atoms with van der Waals surface area (Å²) in [4.78, 5) is 11.1. The molecule has 4 aromatic heterocycles. The molecule has 0 spiro atoms. The van der Waals surface area contributed by atoms with E-state index in [1.54, 1.807) is 0 Å². The molecule has 0 N–H and O–H groups in total. The van der Waals surface area contributed by atoms with Gasteiger partial charge in [0.15, 0.2) is 0 Å². The van der Waals surface area contributed by atoms with E-state index in [9.17, 15) is 0 Å². The molecule has 56 heavy (non-hydrogen) atoms. The quantitative estimate of drug-likeness (QED) is 0.171. The van der Waals surface area contributed by atoms with Crippen LogP contribution in [0.3, 0.4) is 0 Å². The van der Waals surface area contributed by atoms with Crippen molar-refractivity contribution < 1.29 is 0 Å². The summed E-state index contributed by atoms with van der Waals surface area (Å²) >= 11 is 0. The van der Waals surface area contributed by atoms with Crippen LogP contribution in [0.15, 0.2) is 182 Å². The van der Waals surface area contributed by atoms with E-state index in [-0.39, 0.29) is 0 Å². The minimum Gasteiger partial charge on any atom is -0.308 e. The highest BCUT2D eigenvalue weighted by atomic mass is 15.2. The predicted molar refractivity (Wildman–Crippen MR) is 234 cm³/mol. The average Bonchev–Trinajstić information content (AvgIpc) is 3.89. The summed E-state index contributed by atoms with van der Waals surface area (Å²) in [5.74, 6) is 0.659. The monoisotopic (exact) mass is 710 g/mol. The number of benzene rings is 9. The van der Waals surface area contributed by atoms with Crippen LogP contribution in [0.1, 0.15) is 0 Å². The Morgan fingerprint density at radius 1 is 0.339 bits per heavy atom. The maximum absolute atomic E-state index is 5.64. The predicted octanol–water partition coefficient (Wildman–Crippen LogP) is 13.5. The van der Waals surface area contributed by atoms with Crippen LogP contribution in [0.4, 0.5) is 0 Å². The number of hydrogen-bond donors (Lipinski definition) is 0. The number of fused-ring (bicyclic) bond motifs is 14. The lowest BCUT2D eigenvalue weighted by atomic mass is 9.98. The molecule has 0 unspecified atom stereocenters. The van der Waals surface area contributed by atoms with Gasteiger partial charge in [0.05, 0.1) is 38.8 Å². The summed E-state index contributed by atoms with van der Waals surface area (Å²) in [5.41, 5.74) is 11.2. The normalized spacial score (nSPS) is 12.3. The van der Waals surface area contributed by atoms with Crippen molar-refractivity contribution in [3.8, 4) is 28.3 Å². The molecule has 9 aromatic carbocycles. The van der Waals surface area contributed by atoms with E-state index in [2.05, 4.69) is 191 Å². The van der Waals surface area contributed by atoms with Gasteiger partial charge in [0.25, 0.3) is 0 Å². The number of rotatable bonds is 3. The van der Waals surface area contributed by atoms with Crippen molar-refractivity contribution >= 4 is 92.3 Å². The highest BCUT2D eigenvalue weighted by Gasteiger charge is 2.26. The minimum atomic E-state index is 0.659. The fourth-order valence-electron chi connectivity index (χ4n) is 9.56. The summed E-state index contributed by atoms with van der Waals surface area (Å²) in [6.45, 7) is 0. The van der Waals surface area contributed by atoms with Crippen LogP contribution in [-0.2, 0) is 0 Å². The van der Waals surface area contributed by atoms with E-state index < -0.39 is 0 Å². The highest BCUT2D eigenvalue weighted by molar-refractivity contribution is 6.36. The molecule has 13 aromatic rings. The summed E-state index contributed by atoms with van der Waals surface area (Å²) in [6.07, 6.45) is 0. The Kier molecular flexibility index (Phi) is 5.86. The Bertz CT molecular complexity index is 3740. The third-order valence-corrected chi connectivity index (χ3v) is 12.0. The molecule has 0 saturated heterocycles. The lowest BCUT2D eigenvalue weighted by Gasteiger charge is -2.14. The molecule has 4 heterocycles. The Morgan fingerprint density at radius 3 is 1.77 bits per heavy atom. The molecule has 258 valence electrons. The largest absolute Gasteiger partial charge is 0.308 e. The maximum atomic E-state index is 5.64. The first-order valence-electron chi connectivity index (χ1n) is 19.2. The van der Waals surface area contributed by atoms with E-state index in [0.29, 0.717) is 5.95 Å². The van der Waals surface area contributed by atoms with Gasteiger partial charge in [0.1, 0.15) is 0 Å². The minimum absolute atomic E-state index is 0.659. The van der Waals surface area contributed by atoms with Crippen molar-refractivity contribution in [2.24, 2.45) is 0 Å². The fraction of sp³-hybridized carbons (Fsp3) is 0. The topological polar surface area (TPSA) is 35.1 Å². The van der Waals surface area contributed by atoms with Gasteiger partial charge >= 0.3 is 0 Å². The Hall–Kier alpha value is -7.56. The molecule has 0 saturated carbocycles. The summed E-state index contributed by atoms with van der Waals surface area (Å²) in [6, 6.07) is 65.8. The maximum Gasteiger partial charge on any atom is 0.235 e. The van der Waals surface area contributed by atoms with Crippen molar-refractivity contribution in [1.82, 2.24) is 18.9 Å². The second-order valence-corrected chi connectivity index (χ2v) is 15.0. The standard InChI is InChI=1S/C52H30N4/c1-2-12-31(13-3-1)32-22-24-34(25-23-32)50-47-37-17-7-6-14-33(37)26-27-42(47)53-52(54-50)56-45-29-36-16-5-4-15-35(36)28-41(45)48-46(56)30-40-38-18-8-10-20-43(38)55-44-21-11-9-19-39(44)49(48)51(40)55/h1-30H. The molecule has 0 radical (unpaired) electrons. The first kappa shape index (κ1) is 29.8. The molecule has 0 aliphatic rings. The van der Waals surface area contributed by atoms with Crippen LogP contribution in [-0.4, -0.2) is 18.9 Å². The molecule has 0 amide bonds. The summed E-state index contributed by atoms with van der Waals surface area (Å²) in [7, 11) is 0. The Balaban J connectivity index is 1.20. The molecule has 0 aliphatic carbocycles. The molecule has 4 heteroatoms. The molecular weight excluding hydrogens is 681 g/mol. The van der Waals surface area contributed by atoms with E-state index >= 15 is 0 Å². The molecule has 0 bridgehead atoms. The second-order valence-electron chi connectivity index (χ2n) is 15.0. The van der Waals surface area contributed by atoms with Crippen molar-refractivity contribution in [3.63, 3.8) is 0 Å². The van der Waals surface area contributed by atoms with Crippen molar-refractivity contribution in [2.45, 2.75) is 0 Å². The van der Waals surface area contributed by atoms with E-state index in [1.807, 2.05) is 0 Å². The Morgan fingerprint density at radius 2 is 0.964 bits per heavy atom. The van der Waals surface area contributed by atoms with Gasteiger partial charge in [-0.1, -0.05) is 146 Å². The van der Waals surface area contributed by atoms with Gasteiger partial charge in [0, 0.05) is 43.3 Å². The van der Waals surface area contributed by atoms with Gasteiger partial charge in [0.2, 0.25) is 5.95 Å². The van der Waals surface area contributed by atoms with E-state index in [0.717, 1.165) is 38.6 Å². The SMILES string of the molecule is c1ccc(-c2ccc(-c3nc(-n4c5cc6ccccc6cc5c5c6c7ccccc7n7c8ccccc8c(cc54)c67)nc4ccc5ccccc5c34)cc2)cc1. The second kappa shape index (κ2) is 11.0. The van der Waals surface area contributed by atoms with E-state index in [1.165, 1.54) is 76.2 Å². The van der Waals surface area contributed by atoms with Gasteiger partial charge in [-0.25, -0.2) is 9.97 Å². The highest BCUT2D eigenvalue weighted by Crippen LogP contribution is 2.47. The van der Waals surface area contributed by atoms with Crippen LogP contribution in [0.2, 0.25) is 0 Å². The molecular formula is C52H30N4. The Labute approximate surface area is 320 Å². The number of nitrogens with zero attached hydrogens (tertiary/aromatic N) is 4. The first-order chi connectivity index (χ1) is 27.8. The smallest absolute Gasteiger partial charge is 0.235 e. The zero-order chi connectivity index (χ0) is 36.5. The van der Waals surface area contributed by atoms with Gasteiger partial charge < -0.3 is 4.40 Å². The molecule has 0 aliphatic heterocycles. The lowest BCUT2D eigenvalue weighted by molar-refractivity contribution is 1.02. The molecule has 0 fully saturated rings. The number of hydrogen-bond acceptors (Lipinski definition) is 2. The van der Waals surface area contributed by atoms with Crippen LogP contribution in [0, 0.1) is 0 Å². The molecule has 0 atom stereocenters. The summed E-state index contributed by atoms with van der Waals surface area (Å²) in [5, 5.41) is 13.2. The van der Waals surface area contributed by atoms with Crippen molar-refractivity contribution in [3.05, 3.63) is 182 Å². The fourth-order valence-corrected chi connectivity index (χ4v) is 9.56. The van der Waals surface area contributed by atoms with Crippen molar-refractivity contribution in [1.29, 1.82) is 0 Å². The molecule has 13 rings (SSSR count). The third kappa shape index (κ3) is 3.97. The zero-order valence-electron chi connectivity index (χ0n) is 30.1. The van der Waals surface area contributed by atoms with E-state index in [4.69, 9.17) is 9.97 Å². The van der Waals surface area contributed by atoms with Crippen LogP contribution < -0.4 is 0 Å². The number of para-hydroxylation sites is 2. The first-order valence-corrected chi connectivity index (χ1v) is 19.2. The average molecular weight is 711 g/mol. The van der Waals surface area contributed by atoms with Gasteiger partial charge in [-0.3, -0.25) is 4.57 Å². The van der Waals surface area contributed by atoms with Crippen LogP contribution in [0.25, 0.3) is 121 Å². The van der Waals surface area contributed by atoms with Crippen LogP contribution in [0.5, 0.6) is 0 Å². The van der Waals surface area contributed by atoms with Gasteiger partial charge in [-0.15, -0.1) is 0 Å². The zero-order valence-corrected chi connectivity index (χ0v) is 30.1. The molecule has 4 nitrogen and oxygen atoms in total. The van der Waals surface area contributed by atoms with Crippen LogP contribution >= 0.6 is 0 Å². The van der Waals surface area contributed by atoms with Gasteiger partial charge in [-0.2, -0.15) is 0 Å². The van der Waals surface area contributed by atoms with Gasteiger partial charge in [-0.05, 0) is 69.1 Å². The lowest BCUT2D eigenvalue weighted by Crippen LogP contribution is -2.04. The third-order valence-electron chi connectivity index (χ3n) is 12.0. The van der Waals surface area contributed by atoms with Crippen molar-refractivity contribution in [2.75, 3.05) is 0 Å². The summed E-state index contributed by atoms with van der Waals surface area (Å²) < 4.78 is 4.80. The number of aromatic nitrogens is 4.